The standard InChI is InChI=1S/C23H28BrN3O5/c1-4-6-10-32-23-19(24)11-16(12-20(23)31-5-2)15-25-27-22(29)14-21(28)26-17-8-7-9-18(13-17)30-3/h7-9,11-13,15H,4-6,10,14H2,1-3H3,(H,26,28)(H,27,29). The molecular weight excluding hydrogens is 478 g/mol. The van der Waals surface area contributed by atoms with Crippen molar-refractivity contribution in [2.75, 3.05) is 25.6 Å². The molecule has 2 aromatic carbocycles. The minimum atomic E-state index is -0.537. The van der Waals surface area contributed by atoms with Crippen molar-refractivity contribution in [3.8, 4) is 17.2 Å². The number of nitrogens with one attached hydrogen (secondary N) is 2. The second kappa shape index (κ2) is 13.4. The van der Waals surface area contributed by atoms with E-state index in [2.05, 4.69) is 38.7 Å². The number of methoxy groups -OCH3 is 1. The second-order valence-electron chi connectivity index (χ2n) is 6.72. The normalized spacial score (nSPS) is 10.6. The number of ether oxygens (including phenoxy) is 3. The molecule has 0 spiro atoms. The van der Waals surface area contributed by atoms with Gasteiger partial charge in [0.1, 0.15) is 12.2 Å². The summed E-state index contributed by atoms with van der Waals surface area (Å²) in [5.41, 5.74) is 3.60. The second-order valence-corrected chi connectivity index (χ2v) is 7.57. The van der Waals surface area contributed by atoms with Crippen LogP contribution >= 0.6 is 15.9 Å². The van der Waals surface area contributed by atoms with E-state index in [9.17, 15) is 9.59 Å². The van der Waals surface area contributed by atoms with Gasteiger partial charge in [-0.3, -0.25) is 9.59 Å². The van der Waals surface area contributed by atoms with Crippen molar-refractivity contribution in [3.63, 3.8) is 0 Å². The Morgan fingerprint density at radius 2 is 1.94 bits per heavy atom. The maximum atomic E-state index is 12.1. The maximum Gasteiger partial charge on any atom is 0.249 e. The molecule has 9 heteroatoms. The number of carbonyl (C=O) groups is 2. The predicted molar refractivity (Wildman–Crippen MR) is 128 cm³/mol. The molecule has 8 nitrogen and oxygen atoms in total. The molecule has 2 amide bonds. The van der Waals surface area contributed by atoms with Gasteiger partial charge in [0.15, 0.2) is 11.5 Å². The van der Waals surface area contributed by atoms with Crippen LogP contribution < -0.4 is 25.0 Å². The van der Waals surface area contributed by atoms with Gasteiger partial charge in [0.2, 0.25) is 11.8 Å². The van der Waals surface area contributed by atoms with E-state index < -0.39 is 11.8 Å². The first kappa shape index (κ1) is 25.2. The Kier molecular flexibility index (Phi) is 10.5. The highest BCUT2D eigenvalue weighted by molar-refractivity contribution is 9.10. The third-order valence-electron chi connectivity index (χ3n) is 4.15. The molecule has 2 rings (SSSR count). The van der Waals surface area contributed by atoms with Crippen LogP contribution in [0.25, 0.3) is 0 Å². The molecule has 0 aliphatic carbocycles. The van der Waals surface area contributed by atoms with Gasteiger partial charge in [-0.05, 0) is 59.1 Å². The van der Waals surface area contributed by atoms with Crippen LogP contribution in [0.4, 0.5) is 5.69 Å². The van der Waals surface area contributed by atoms with Gasteiger partial charge in [-0.25, -0.2) is 5.43 Å². The van der Waals surface area contributed by atoms with Crippen LogP contribution in [0.5, 0.6) is 17.2 Å². The lowest BCUT2D eigenvalue weighted by atomic mass is 10.2. The minimum absolute atomic E-state index is 0.368. The molecule has 0 radical (unpaired) electrons. The molecule has 2 aromatic rings. The summed E-state index contributed by atoms with van der Waals surface area (Å²) in [4.78, 5) is 24.1. The van der Waals surface area contributed by atoms with Crippen molar-refractivity contribution in [2.24, 2.45) is 5.10 Å². The van der Waals surface area contributed by atoms with Crippen LogP contribution in [0.2, 0.25) is 0 Å². The molecule has 0 unspecified atom stereocenters. The number of nitrogens with zero attached hydrogens (tertiary/aromatic N) is 1. The fraction of sp³-hybridized carbons (Fsp3) is 0.348. The molecule has 172 valence electrons. The Bertz CT molecular complexity index is 949. The fourth-order valence-corrected chi connectivity index (χ4v) is 3.23. The lowest BCUT2D eigenvalue weighted by Crippen LogP contribution is -2.24. The lowest BCUT2D eigenvalue weighted by molar-refractivity contribution is -0.126. The molecule has 0 heterocycles. The zero-order valence-electron chi connectivity index (χ0n) is 18.4. The molecule has 0 bridgehead atoms. The van der Waals surface area contributed by atoms with Gasteiger partial charge in [-0.2, -0.15) is 5.10 Å². The van der Waals surface area contributed by atoms with Gasteiger partial charge in [0.05, 0.1) is 31.0 Å². The average molecular weight is 506 g/mol. The smallest absolute Gasteiger partial charge is 0.249 e. The number of carbonyl (C=O) groups excluding carboxylic acids is 2. The van der Waals surface area contributed by atoms with Gasteiger partial charge in [-0.1, -0.05) is 19.4 Å². The van der Waals surface area contributed by atoms with E-state index in [0.29, 0.717) is 41.7 Å². The van der Waals surface area contributed by atoms with Crippen LogP contribution in [0.15, 0.2) is 46.0 Å². The van der Waals surface area contributed by atoms with E-state index in [1.54, 1.807) is 30.3 Å². The number of hydrogen-bond acceptors (Lipinski definition) is 6. The summed E-state index contributed by atoms with van der Waals surface area (Å²) in [6.45, 7) is 5.06. The highest BCUT2D eigenvalue weighted by atomic mass is 79.9. The quantitative estimate of drug-likeness (QED) is 0.191. The Morgan fingerprint density at radius 1 is 1.12 bits per heavy atom. The number of anilines is 1. The zero-order chi connectivity index (χ0) is 23.3. The SMILES string of the molecule is CCCCOc1c(Br)cc(C=NNC(=O)CC(=O)Nc2cccc(OC)c2)cc1OCC. The van der Waals surface area contributed by atoms with Gasteiger partial charge >= 0.3 is 0 Å². The number of benzene rings is 2. The predicted octanol–water partition coefficient (Wildman–Crippen LogP) is 4.51. The van der Waals surface area contributed by atoms with E-state index in [1.807, 2.05) is 13.0 Å². The fourth-order valence-electron chi connectivity index (χ4n) is 2.65. The van der Waals surface area contributed by atoms with Crippen LogP contribution in [0.1, 0.15) is 38.7 Å². The highest BCUT2D eigenvalue weighted by Crippen LogP contribution is 2.36. The molecular formula is C23H28BrN3O5. The molecule has 32 heavy (non-hydrogen) atoms. The molecule has 0 atom stereocenters. The molecule has 0 aliphatic heterocycles. The Labute approximate surface area is 196 Å². The number of rotatable bonds is 12. The molecule has 0 saturated heterocycles. The van der Waals surface area contributed by atoms with Crippen LogP contribution in [0, 0.1) is 0 Å². The molecule has 0 saturated carbocycles. The molecule has 0 aliphatic rings. The third-order valence-corrected chi connectivity index (χ3v) is 4.74. The van der Waals surface area contributed by atoms with Crippen molar-refractivity contribution >= 4 is 39.6 Å². The maximum absolute atomic E-state index is 12.1. The number of hydrogen-bond donors (Lipinski definition) is 2. The topological polar surface area (TPSA) is 98.2 Å². The highest BCUT2D eigenvalue weighted by Gasteiger charge is 2.12. The van der Waals surface area contributed by atoms with Gasteiger partial charge in [0, 0.05) is 11.8 Å². The van der Waals surface area contributed by atoms with Gasteiger partial charge in [-0.15, -0.1) is 0 Å². The summed E-state index contributed by atoms with van der Waals surface area (Å²) in [6.07, 6.45) is 3.08. The molecule has 0 aromatic heterocycles. The largest absolute Gasteiger partial charge is 0.497 e. The monoisotopic (exact) mass is 505 g/mol. The minimum Gasteiger partial charge on any atom is -0.497 e. The summed E-state index contributed by atoms with van der Waals surface area (Å²) < 4.78 is 17.3. The third kappa shape index (κ3) is 8.22. The number of unbranched alkanes of at least 4 members (excludes halogenated alkanes) is 1. The molecule has 0 fully saturated rings. The van der Waals surface area contributed by atoms with Gasteiger partial charge < -0.3 is 19.5 Å². The number of halogens is 1. The first-order valence-electron chi connectivity index (χ1n) is 10.3. The summed E-state index contributed by atoms with van der Waals surface area (Å²) in [5.74, 6) is 0.835. The summed E-state index contributed by atoms with van der Waals surface area (Å²) in [6, 6.07) is 10.5. The Balaban J connectivity index is 1.94. The molecule has 2 N–H and O–H groups in total. The Morgan fingerprint density at radius 3 is 2.66 bits per heavy atom. The number of amides is 2. The summed E-state index contributed by atoms with van der Waals surface area (Å²) in [5, 5.41) is 6.58. The first-order valence-corrected chi connectivity index (χ1v) is 11.1. The van der Waals surface area contributed by atoms with Gasteiger partial charge in [0.25, 0.3) is 0 Å². The van der Waals surface area contributed by atoms with Crippen molar-refractivity contribution < 1.29 is 23.8 Å². The van der Waals surface area contributed by atoms with Crippen molar-refractivity contribution in [2.45, 2.75) is 33.1 Å². The van der Waals surface area contributed by atoms with Crippen LogP contribution in [-0.4, -0.2) is 38.4 Å². The lowest BCUT2D eigenvalue weighted by Gasteiger charge is -2.14. The van der Waals surface area contributed by atoms with Crippen molar-refractivity contribution in [1.29, 1.82) is 0 Å². The van der Waals surface area contributed by atoms with Crippen molar-refractivity contribution in [3.05, 3.63) is 46.4 Å². The zero-order valence-corrected chi connectivity index (χ0v) is 20.0. The van der Waals surface area contributed by atoms with Crippen LogP contribution in [0.3, 0.4) is 0 Å². The van der Waals surface area contributed by atoms with E-state index in [4.69, 9.17) is 14.2 Å². The van der Waals surface area contributed by atoms with E-state index >= 15 is 0 Å². The van der Waals surface area contributed by atoms with E-state index in [0.717, 1.165) is 17.3 Å². The average Bonchev–Trinajstić information content (AvgIpc) is 2.75. The van der Waals surface area contributed by atoms with E-state index in [-0.39, 0.29) is 6.42 Å². The first-order chi connectivity index (χ1) is 15.5. The van der Waals surface area contributed by atoms with Crippen molar-refractivity contribution in [1.82, 2.24) is 5.43 Å². The van der Waals surface area contributed by atoms with E-state index in [1.165, 1.54) is 13.3 Å². The number of hydrazone groups is 1. The summed E-state index contributed by atoms with van der Waals surface area (Å²) >= 11 is 3.50. The van der Waals surface area contributed by atoms with Crippen LogP contribution in [-0.2, 0) is 9.59 Å². The summed E-state index contributed by atoms with van der Waals surface area (Å²) in [7, 11) is 1.54. The Hall–Kier alpha value is -3.07.